The second-order valence-electron chi connectivity index (χ2n) is 5.06. The highest BCUT2D eigenvalue weighted by Gasteiger charge is 2.30. The lowest BCUT2D eigenvalue weighted by Crippen LogP contribution is -2.37. The van der Waals surface area contributed by atoms with Crippen LogP contribution in [-0.4, -0.2) is 23.9 Å². The Labute approximate surface area is 81.3 Å². The Morgan fingerprint density at radius 3 is 2.54 bits per heavy atom. The molecule has 0 unspecified atom stereocenters. The molecular formula is C11H22O2. The minimum absolute atomic E-state index is 0.244. The first kappa shape index (κ1) is 11.0. The molecule has 1 aliphatic heterocycles. The van der Waals surface area contributed by atoms with E-state index in [1.54, 1.807) is 0 Å². The van der Waals surface area contributed by atoms with Crippen LogP contribution in [0.25, 0.3) is 0 Å². The van der Waals surface area contributed by atoms with Crippen molar-refractivity contribution in [3.05, 3.63) is 0 Å². The van der Waals surface area contributed by atoms with Gasteiger partial charge in [0.2, 0.25) is 0 Å². The minimum atomic E-state index is 0.244. The van der Waals surface area contributed by atoms with Gasteiger partial charge in [0.25, 0.3) is 0 Å². The Bertz CT molecular complexity index is 147. The van der Waals surface area contributed by atoms with Crippen LogP contribution in [0.4, 0.5) is 0 Å². The monoisotopic (exact) mass is 186 g/mol. The van der Waals surface area contributed by atoms with Crippen LogP contribution in [0.3, 0.4) is 0 Å². The van der Waals surface area contributed by atoms with Gasteiger partial charge < -0.3 is 9.84 Å². The molecule has 1 saturated heterocycles. The van der Waals surface area contributed by atoms with Crippen LogP contribution in [0, 0.1) is 5.41 Å². The van der Waals surface area contributed by atoms with Crippen molar-refractivity contribution in [2.75, 3.05) is 6.61 Å². The molecule has 0 radical (unpaired) electrons. The van der Waals surface area contributed by atoms with E-state index in [1.165, 1.54) is 12.8 Å². The average Bonchev–Trinajstić information content (AvgIpc) is 2.04. The largest absolute Gasteiger partial charge is 0.396 e. The average molecular weight is 186 g/mol. The smallest absolute Gasteiger partial charge is 0.0627 e. The highest BCUT2D eigenvalue weighted by Crippen LogP contribution is 2.32. The maximum absolute atomic E-state index is 8.83. The van der Waals surface area contributed by atoms with Gasteiger partial charge in [0.15, 0.2) is 0 Å². The van der Waals surface area contributed by atoms with Crippen molar-refractivity contribution in [2.45, 2.75) is 58.7 Å². The lowest BCUT2D eigenvalue weighted by Gasteiger charge is -2.37. The third-order valence-electron chi connectivity index (χ3n) is 2.77. The summed E-state index contributed by atoms with van der Waals surface area (Å²) >= 11 is 0. The van der Waals surface area contributed by atoms with Crippen LogP contribution in [0.2, 0.25) is 0 Å². The molecule has 2 heteroatoms. The Morgan fingerprint density at radius 1 is 1.31 bits per heavy atom. The van der Waals surface area contributed by atoms with Crippen molar-refractivity contribution in [3.8, 4) is 0 Å². The van der Waals surface area contributed by atoms with E-state index in [0.717, 1.165) is 12.8 Å². The molecule has 1 fully saturated rings. The second kappa shape index (κ2) is 4.43. The summed E-state index contributed by atoms with van der Waals surface area (Å²) in [5.41, 5.74) is 0.244. The van der Waals surface area contributed by atoms with E-state index in [9.17, 15) is 0 Å². The van der Waals surface area contributed by atoms with Crippen molar-refractivity contribution in [1.29, 1.82) is 0 Å². The van der Waals surface area contributed by atoms with Gasteiger partial charge in [0.05, 0.1) is 12.2 Å². The maximum atomic E-state index is 8.83. The third-order valence-corrected chi connectivity index (χ3v) is 2.77. The molecule has 0 aromatic heterocycles. The number of aliphatic hydroxyl groups is 1. The van der Waals surface area contributed by atoms with Crippen molar-refractivity contribution >= 4 is 0 Å². The summed E-state index contributed by atoms with van der Waals surface area (Å²) in [5, 5.41) is 8.83. The summed E-state index contributed by atoms with van der Waals surface area (Å²) in [7, 11) is 0. The molecule has 13 heavy (non-hydrogen) atoms. The van der Waals surface area contributed by atoms with E-state index in [2.05, 4.69) is 20.8 Å². The van der Waals surface area contributed by atoms with E-state index in [4.69, 9.17) is 9.84 Å². The molecule has 2 nitrogen and oxygen atoms in total. The summed E-state index contributed by atoms with van der Waals surface area (Å²) in [6.07, 6.45) is 5.00. The summed E-state index contributed by atoms with van der Waals surface area (Å²) in [6, 6.07) is 0. The van der Waals surface area contributed by atoms with E-state index in [0.29, 0.717) is 12.2 Å². The summed E-state index contributed by atoms with van der Waals surface area (Å²) in [4.78, 5) is 0. The van der Waals surface area contributed by atoms with Gasteiger partial charge in [0, 0.05) is 6.61 Å². The maximum Gasteiger partial charge on any atom is 0.0627 e. The highest BCUT2D eigenvalue weighted by atomic mass is 16.5. The van der Waals surface area contributed by atoms with Crippen LogP contribution in [-0.2, 0) is 4.74 Å². The van der Waals surface area contributed by atoms with E-state index in [1.807, 2.05) is 0 Å². The molecule has 2 atom stereocenters. The molecule has 0 aliphatic carbocycles. The van der Waals surface area contributed by atoms with Gasteiger partial charge in [-0.15, -0.1) is 0 Å². The van der Waals surface area contributed by atoms with Gasteiger partial charge in [-0.25, -0.2) is 0 Å². The fourth-order valence-corrected chi connectivity index (χ4v) is 1.89. The first-order chi connectivity index (χ1) is 6.04. The standard InChI is InChI=1S/C11H22O2/c1-11(2,3)10-6-4-5-9(13-10)7-8-12/h9-10,12H,4-8H2,1-3H3/t9-,10+/m1/s1. The molecule has 1 heterocycles. The predicted molar refractivity (Wildman–Crippen MR) is 53.7 cm³/mol. The molecule has 0 saturated carbocycles. The SMILES string of the molecule is CC(C)(C)[C@@H]1CCC[C@H](CCO)O1. The molecule has 0 spiro atoms. The van der Waals surface area contributed by atoms with Crippen molar-refractivity contribution in [1.82, 2.24) is 0 Å². The fraction of sp³-hybridized carbons (Fsp3) is 1.00. The minimum Gasteiger partial charge on any atom is -0.396 e. The molecule has 78 valence electrons. The summed E-state index contributed by atoms with van der Waals surface area (Å²) < 4.78 is 5.93. The van der Waals surface area contributed by atoms with Crippen LogP contribution >= 0.6 is 0 Å². The number of hydrogen-bond donors (Lipinski definition) is 1. The topological polar surface area (TPSA) is 29.5 Å². The molecule has 0 aromatic rings. The summed E-state index contributed by atoms with van der Waals surface area (Å²) in [5.74, 6) is 0. The number of aliphatic hydroxyl groups excluding tert-OH is 1. The Hall–Kier alpha value is -0.0800. The molecule has 1 N–H and O–H groups in total. The lowest BCUT2D eigenvalue weighted by molar-refractivity contribution is -0.104. The van der Waals surface area contributed by atoms with Gasteiger partial charge >= 0.3 is 0 Å². The molecule has 0 aromatic carbocycles. The lowest BCUT2D eigenvalue weighted by atomic mass is 9.84. The number of hydrogen-bond acceptors (Lipinski definition) is 2. The van der Waals surface area contributed by atoms with Crippen molar-refractivity contribution in [3.63, 3.8) is 0 Å². The van der Waals surface area contributed by atoms with Gasteiger partial charge in [-0.1, -0.05) is 20.8 Å². The number of ether oxygens (including phenoxy) is 1. The molecular weight excluding hydrogens is 164 g/mol. The van der Waals surface area contributed by atoms with E-state index >= 15 is 0 Å². The fourth-order valence-electron chi connectivity index (χ4n) is 1.89. The summed E-state index contributed by atoms with van der Waals surface area (Å²) in [6.45, 7) is 6.92. The predicted octanol–water partition coefficient (Wildman–Crippen LogP) is 2.35. The van der Waals surface area contributed by atoms with Gasteiger partial charge in [0.1, 0.15) is 0 Å². The first-order valence-corrected chi connectivity index (χ1v) is 5.30. The Morgan fingerprint density at radius 2 is 2.00 bits per heavy atom. The van der Waals surface area contributed by atoms with Gasteiger partial charge in [-0.05, 0) is 31.1 Å². The molecule has 1 aliphatic rings. The van der Waals surface area contributed by atoms with Crippen LogP contribution in [0.15, 0.2) is 0 Å². The Balaban J connectivity index is 2.42. The van der Waals surface area contributed by atoms with Gasteiger partial charge in [-0.3, -0.25) is 0 Å². The highest BCUT2D eigenvalue weighted by molar-refractivity contribution is 4.80. The van der Waals surface area contributed by atoms with Crippen molar-refractivity contribution < 1.29 is 9.84 Å². The van der Waals surface area contributed by atoms with Crippen LogP contribution in [0.1, 0.15) is 46.5 Å². The normalized spacial score (nSPS) is 30.5. The second-order valence-corrected chi connectivity index (χ2v) is 5.06. The molecule has 0 amide bonds. The zero-order valence-corrected chi connectivity index (χ0v) is 9.05. The quantitative estimate of drug-likeness (QED) is 0.717. The molecule has 0 bridgehead atoms. The zero-order chi connectivity index (χ0) is 9.90. The number of rotatable bonds is 2. The van der Waals surface area contributed by atoms with Gasteiger partial charge in [-0.2, -0.15) is 0 Å². The Kier molecular flexibility index (Phi) is 3.74. The zero-order valence-electron chi connectivity index (χ0n) is 9.05. The first-order valence-electron chi connectivity index (χ1n) is 5.30. The third kappa shape index (κ3) is 3.28. The van der Waals surface area contributed by atoms with Crippen LogP contribution < -0.4 is 0 Å². The van der Waals surface area contributed by atoms with Crippen molar-refractivity contribution in [2.24, 2.45) is 5.41 Å². The molecule has 1 rings (SSSR count). The van der Waals surface area contributed by atoms with E-state index in [-0.39, 0.29) is 12.0 Å². The van der Waals surface area contributed by atoms with E-state index < -0.39 is 0 Å². The van der Waals surface area contributed by atoms with Crippen LogP contribution in [0.5, 0.6) is 0 Å².